The van der Waals surface area contributed by atoms with E-state index in [1.54, 1.807) is 11.9 Å². The Morgan fingerprint density at radius 2 is 2.27 bits per heavy atom. The maximum Gasteiger partial charge on any atom is 0.232 e. The third-order valence-corrected chi connectivity index (χ3v) is 2.77. The maximum absolute atomic E-state index is 11.3. The van der Waals surface area contributed by atoms with Crippen LogP contribution in [0.1, 0.15) is 32.6 Å². The minimum absolute atomic E-state index is 0.328. The molecule has 1 heterocycles. The van der Waals surface area contributed by atoms with E-state index in [9.17, 15) is 4.79 Å². The van der Waals surface area contributed by atoms with Gasteiger partial charge in [0.2, 0.25) is 5.91 Å². The lowest BCUT2D eigenvalue weighted by Gasteiger charge is -2.17. The van der Waals surface area contributed by atoms with Gasteiger partial charge in [-0.3, -0.25) is 9.10 Å². The molecule has 3 heteroatoms. The van der Waals surface area contributed by atoms with E-state index < -0.39 is 0 Å². The Morgan fingerprint density at radius 1 is 1.45 bits per heavy atom. The number of carbonyl (C=O) groups excluding carboxylic acids is 1. The van der Waals surface area contributed by atoms with Crippen LogP contribution in [0.4, 0.5) is 0 Å². The zero-order valence-electron chi connectivity index (χ0n) is 7.01. The quantitative estimate of drug-likeness (QED) is 0.596. The van der Waals surface area contributed by atoms with Crippen molar-refractivity contribution >= 4 is 17.9 Å². The SMILES string of the molecule is CCSN1CCCCCC1=O. The van der Waals surface area contributed by atoms with Crippen molar-refractivity contribution in [3.8, 4) is 0 Å². The Bertz CT molecular complexity index is 138. The molecule has 2 nitrogen and oxygen atoms in total. The van der Waals surface area contributed by atoms with Gasteiger partial charge < -0.3 is 0 Å². The van der Waals surface area contributed by atoms with Crippen molar-refractivity contribution in [2.75, 3.05) is 12.3 Å². The van der Waals surface area contributed by atoms with E-state index in [2.05, 4.69) is 6.92 Å². The smallest absolute Gasteiger partial charge is 0.232 e. The van der Waals surface area contributed by atoms with Crippen molar-refractivity contribution in [3.63, 3.8) is 0 Å². The van der Waals surface area contributed by atoms with Crippen molar-refractivity contribution in [2.24, 2.45) is 0 Å². The second kappa shape index (κ2) is 4.65. The van der Waals surface area contributed by atoms with Gasteiger partial charge in [-0.25, -0.2) is 0 Å². The highest BCUT2D eigenvalue weighted by Gasteiger charge is 2.15. The van der Waals surface area contributed by atoms with E-state index in [0.29, 0.717) is 5.91 Å². The summed E-state index contributed by atoms with van der Waals surface area (Å²) < 4.78 is 1.92. The predicted molar refractivity (Wildman–Crippen MR) is 48.3 cm³/mol. The standard InChI is InChI=1S/C8H15NOS/c1-2-11-9-7-5-3-4-6-8(9)10/h2-7H2,1H3. The van der Waals surface area contributed by atoms with E-state index in [0.717, 1.165) is 25.1 Å². The first-order chi connectivity index (χ1) is 5.34. The van der Waals surface area contributed by atoms with E-state index in [1.165, 1.54) is 12.8 Å². The second-order valence-electron chi connectivity index (χ2n) is 2.72. The Balaban J connectivity index is 2.39. The number of amides is 1. The van der Waals surface area contributed by atoms with Crippen molar-refractivity contribution in [2.45, 2.75) is 32.6 Å². The molecule has 0 bridgehead atoms. The molecule has 0 spiro atoms. The van der Waals surface area contributed by atoms with Crippen molar-refractivity contribution in [1.82, 2.24) is 4.31 Å². The lowest BCUT2D eigenvalue weighted by molar-refractivity contribution is -0.125. The number of carbonyl (C=O) groups is 1. The van der Waals surface area contributed by atoms with Crippen LogP contribution in [-0.4, -0.2) is 22.5 Å². The van der Waals surface area contributed by atoms with Crippen LogP contribution in [0.15, 0.2) is 0 Å². The summed E-state index contributed by atoms with van der Waals surface area (Å²) >= 11 is 1.66. The molecule has 0 unspecified atom stereocenters. The molecule has 0 N–H and O–H groups in total. The first kappa shape index (κ1) is 8.91. The monoisotopic (exact) mass is 173 g/mol. The molecular formula is C8H15NOS. The molecule has 1 aliphatic rings. The molecule has 0 radical (unpaired) electrons. The van der Waals surface area contributed by atoms with E-state index in [4.69, 9.17) is 0 Å². The molecule has 11 heavy (non-hydrogen) atoms. The summed E-state index contributed by atoms with van der Waals surface area (Å²) in [7, 11) is 0. The summed E-state index contributed by atoms with van der Waals surface area (Å²) in [6, 6.07) is 0. The third-order valence-electron chi connectivity index (χ3n) is 1.81. The van der Waals surface area contributed by atoms with E-state index in [-0.39, 0.29) is 0 Å². The fourth-order valence-corrected chi connectivity index (χ4v) is 2.06. The van der Waals surface area contributed by atoms with Gasteiger partial charge in [-0.1, -0.05) is 13.3 Å². The number of rotatable bonds is 2. The van der Waals surface area contributed by atoms with Crippen LogP contribution in [0, 0.1) is 0 Å². The zero-order valence-corrected chi connectivity index (χ0v) is 7.82. The van der Waals surface area contributed by atoms with E-state index >= 15 is 0 Å². The first-order valence-corrected chi connectivity index (χ1v) is 5.22. The second-order valence-corrected chi connectivity index (χ2v) is 4.00. The van der Waals surface area contributed by atoms with Gasteiger partial charge in [-0.2, -0.15) is 0 Å². The maximum atomic E-state index is 11.3. The Kier molecular flexibility index (Phi) is 3.77. The van der Waals surface area contributed by atoms with Crippen LogP contribution >= 0.6 is 11.9 Å². The molecule has 1 amide bonds. The number of hydrogen-bond donors (Lipinski definition) is 0. The summed E-state index contributed by atoms with van der Waals surface area (Å²) in [6.45, 7) is 3.04. The summed E-state index contributed by atoms with van der Waals surface area (Å²) in [6.07, 6.45) is 4.23. The van der Waals surface area contributed by atoms with Gasteiger partial charge in [0, 0.05) is 18.7 Å². The molecule has 64 valence electrons. The summed E-state index contributed by atoms with van der Waals surface area (Å²) in [5.74, 6) is 1.33. The molecule has 0 aromatic rings. The van der Waals surface area contributed by atoms with Crippen LogP contribution in [0.2, 0.25) is 0 Å². The minimum Gasteiger partial charge on any atom is -0.286 e. The van der Waals surface area contributed by atoms with Gasteiger partial charge in [0.25, 0.3) is 0 Å². The van der Waals surface area contributed by atoms with Crippen LogP contribution in [0.3, 0.4) is 0 Å². The molecule has 1 fully saturated rings. The third kappa shape index (κ3) is 2.73. The fourth-order valence-electron chi connectivity index (χ4n) is 1.25. The van der Waals surface area contributed by atoms with Gasteiger partial charge in [0.15, 0.2) is 0 Å². The molecule has 0 atom stereocenters. The van der Waals surface area contributed by atoms with Crippen LogP contribution in [0.25, 0.3) is 0 Å². The summed E-state index contributed by atoms with van der Waals surface area (Å²) in [5, 5.41) is 0. The zero-order chi connectivity index (χ0) is 8.10. The lowest BCUT2D eigenvalue weighted by atomic mass is 10.2. The van der Waals surface area contributed by atoms with Crippen molar-refractivity contribution < 1.29 is 4.79 Å². The van der Waals surface area contributed by atoms with Crippen LogP contribution in [0.5, 0.6) is 0 Å². The van der Waals surface area contributed by atoms with Crippen LogP contribution < -0.4 is 0 Å². The predicted octanol–water partition coefficient (Wildman–Crippen LogP) is 2.06. The largest absolute Gasteiger partial charge is 0.286 e. The van der Waals surface area contributed by atoms with Crippen LogP contribution in [-0.2, 0) is 4.79 Å². The fraction of sp³-hybridized carbons (Fsp3) is 0.875. The van der Waals surface area contributed by atoms with Gasteiger partial charge in [-0.15, -0.1) is 0 Å². The van der Waals surface area contributed by atoms with Gasteiger partial charge in [-0.05, 0) is 24.8 Å². The highest BCUT2D eigenvalue weighted by atomic mass is 32.2. The topological polar surface area (TPSA) is 20.3 Å². The number of nitrogens with zero attached hydrogens (tertiary/aromatic N) is 1. The normalized spacial score (nSPS) is 20.1. The molecule has 1 aliphatic heterocycles. The summed E-state index contributed by atoms with van der Waals surface area (Å²) in [4.78, 5) is 11.3. The average molecular weight is 173 g/mol. The molecule has 0 aliphatic carbocycles. The number of hydrogen-bond acceptors (Lipinski definition) is 2. The Hall–Kier alpha value is -0.180. The lowest BCUT2D eigenvalue weighted by Crippen LogP contribution is -2.23. The molecule has 1 rings (SSSR count). The highest BCUT2D eigenvalue weighted by molar-refractivity contribution is 7.97. The summed E-state index contributed by atoms with van der Waals surface area (Å²) in [5.41, 5.74) is 0. The first-order valence-electron chi connectivity index (χ1n) is 4.28. The molecular weight excluding hydrogens is 158 g/mol. The van der Waals surface area contributed by atoms with Gasteiger partial charge >= 0.3 is 0 Å². The molecule has 0 aromatic carbocycles. The molecule has 1 saturated heterocycles. The van der Waals surface area contributed by atoms with E-state index in [1.807, 2.05) is 4.31 Å². The molecule has 0 saturated carbocycles. The van der Waals surface area contributed by atoms with Crippen molar-refractivity contribution in [3.05, 3.63) is 0 Å². The average Bonchev–Trinajstić information content (AvgIpc) is 2.18. The Labute approximate surface area is 72.5 Å². The molecule has 0 aromatic heterocycles. The minimum atomic E-state index is 0.328. The van der Waals surface area contributed by atoms with Crippen molar-refractivity contribution in [1.29, 1.82) is 0 Å². The highest BCUT2D eigenvalue weighted by Crippen LogP contribution is 2.18. The van der Waals surface area contributed by atoms with Gasteiger partial charge in [0.05, 0.1) is 0 Å². The van der Waals surface area contributed by atoms with Gasteiger partial charge in [0.1, 0.15) is 0 Å². The Morgan fingerprint density at radius 3 is 3.00 bits per heavy atom.